The summed E-state index contributed by atoms with van der Waals surface area (Å²) in [5.41, 5.74) is 0.981. The maximum Gasteiger partial charge on any atom is 0.137 e. The number of rotatable bonds is 6. The second kappa shape index (κ2) is 7.13. The van der Waals surface area contributed by atoms with Crippen molar-refractivity contribution in [3.05, 3.63) is 28.5 Å². The summed E-state index contributed by atoms with van der Waals surface area (Å²) in [7, 11) is 0. The van der Waals surface area contributed by atoms with Crippen LogP contribution in [0.25, 0.3) is 0 Å². The van der Waals surface area contributed by atoms with Crippen molar-refractivity contribution in [1.82, 2.24) is 0 Å². The lowest BCUT2D eigenvalue weighted by atomic mass is 9.95. The summed E-state index contributed by atoms with van der Waals surface area (Å²) in [5.74, 6) is 1.10. The highest BCUT2D eigenvalue weighted by Crippen LogP contribution is 2.23. The molecule has 0 aliphatic carbocycles. The molecular weight excluding hydrogens is 293 g/mol. The van der Waals surface area contributed by atoms with Crippen molar-refractivity contribution >= 4 is 21.6 Å². The Kier molecular flexibility index (Phi) is 6.13. The fourth-order valence-electron chi connectivity index (χ4n) is 2.17. The van der Waals surface area contributed by atoms with Gasteiger partial charge in [-0.05, 0) is 58.8 Å². The van der Waals surface area contributed by atoms with Gasteiger partial charge in [0.1, 0.15) is 5.82 Å². The third kappa shape index (κ3) is 5.38. The first-order valence-electron chi connectivity index (χ1n) is 6.60. The van der Waals surface area contributed by atoms with Gasteiger partial charge in [0, 0.05) is 11.7 Å². The highest BCUT2D eigenvalue weighted by atomic mass is 79.9. The van der Waals surface area contributed by atoms with Gasteiger partial charge in [-0.25, -0.2) is 4.39 Å². The minimum Gasteiger partial charge on any atom is -0.382 e. The van der Waals surface area contributed by atoms with Gasteiger partial charge >= 0.3 is 0 Å². The summed E-state index contributed by atoms with van der Waals surface area (Å²) in [6.07, 6.45) is 2.26. The number of hydrogen-bond acceptors (Lipinski definition) is 1. The topological polar surface area (TPSA) is 12.0 Å². The summed E-state index contributed by atoms with van der Waals surface area (Å²) >= 11 is 3.22. The predicted octanol–water partition coefficient (Wildman–Crippen LogP) is 5.46. The number of hydrogen-bond donors (Lipinski definition) is 1. The largest absolute Gasteiger partial charge is 0.382 e. The van der Waals surface area contributed by atoms with E-state index in [2.05, 4.69) is 48.9 Å². The molecule has 0 heterocycles. The molecule has 102 valence electrons. The van der Waals surface area contributed by atoms with Crippen LogP contribution in [-0.4, -0.2) is 6.04 Å². The molecule has 0 spiro atoms. The van der Waals surface area contributed by atoms with Gasteiger partial charge in [0.15, 0.2) is 0 Å². The van der Waals surface area contributed by atoms with E-state index in [0.717, 1.165) is 18.5 Å². The molecular formula is C15H23BrFN. The third-order valence-corrected chi connectivity index (χ3v) is 3.41. The van der Waals surface area contributed by atoms with E-state index in [0.29, 0.717) is 22.4 Å². The SMILES string of the molecule is CC(C)CC(CC(C)C)Nc1ccc(F)c(Br)c1. The Morgan fingerprint density at radius 3 is 2.11 bits per heavy atom. The van der Waals surface area contributed by atoms with E-state index in [1.807, 2.05) is 6.07 Å². The molecule has 0 aliphatic heterocycles. The lowest BCUT2D eigenvalue weighted by Gasteiger charge is -2.23. The maximum absolute atomic E-state index is 13.2. The average molecular weight is 316 g/mol. The van der Waals surface area contributed by atoms with E-state index in [1.165, 1.54) is 6.07 Å². The van der Waals surface area contributed by atoms with Crippen molar-refractivity contribution in [2.45, 2.75) is 46.6 Å². The van der Waals surface area contributed by atoms with Gasteiger partial charge in [-0.15, -0.1) is 0 Å². The van der Waals surface area contributed by atoms with Gasteiger partial charge in [0.25, 0.3) is 0 Å². The van der Waals surface area contributed by atoms with Crippen molar-refractivity contribution in [3.8, 4) is 0 Å². The quantitative estimate of drug-likeness (QED) is 0.734. The fourth-order valence-corrected chi connectivity index (χ4v) is 2.55. The van der Waals surface area contributed by atoms with Crippen LogP contribution >= 0.6 is 15.9 Å². The minimum absolute atomic E-state index is 0.218. The maximum atomic E-state index is 13.2. The molecule has 0 atom stereocenters. The zero-order valence-electron chi connectivity index (χ0n) is 11.6. The smallest absolute Gasteiger partial charge is 0.137 e. The van der Waals surface area contributed by atoms with Crippen LogP contribution in [-0.2, 0) is 0 Å². The second-order valence-corrected chi connectivity index (χ2v) is 6.58. The Hall–Kier alpha value is -0.570. The number of benzene rings is 1. The predicted molar refractivity (Wildman–Crippen MR) is 80.4 cm³/mol. The van der Waals surface area contributed by atoms with Crippen LogP contribution in [0.3, 0.4) is 0 Å². The van der Waals surface area contributed by atoms with Crippen LogP contribution in [0.15, 0.2) is 22.7 Å². The molecule has 0 saturated carbocycles. The molecule has 0 amide bonds. The normalized spacial score (nSPS) is 11.6. The monoisotopic (exact) mass is 315 g/mol. The first-order valence-corrected chi connectivity index (χ1v) is 7.39. The fraction of sp³-hybridized carbons (Fsp3) is 0.600. The zero-order valence-corrected chi connectivity index (χ0v) is 13.2. The molecule has 18 heavy (non-hydrogen) atoms. The molecule has 1 aromatic carbocycles. The van der Waals surface area contributed by atoms with Crippen molar-refractivity contribution in [1.29, 1.82) is 0 Å². The molecule has 0 aliphatic rings. The lowest BCUT2D eigenvalue weighted by molar-refractivity contribution is 0.442. The molecule has 0 saturated heterocycles. The standard InChI is InChI=1S/C15H23BrFN/c1-10(2)7-13(8-11(3)4)18-12-5-6-15(17)14(16)9-12/h5-6,9-11,13,18H,7-8H2,1-4H3. The Bertz CT molecular complexity index is 367. The molecule has 3 heteroatoms. The van der Waals surface area contributed by atoms with Crippen LogP contribution in [0.5, 0.6) is 0 Å². The van der Waals surface area contributed by atoms with Crippen molar-refractivity contribution in [3.63, 3.8) is 0 Å². The Labute approximate surface area is 118 Å². The van der Waals surface area contributed by atoms with Gasteiger partial charge < -0.3 is 5.32 Å². The van der Waals surface area contributed by atoms with Gasteiger partial charge in [-0.2, -0.15) is 0 Å². The minimum atomic E-state index is -0.218. The summed E-state index contributed by atoms with van der Waals surface area (Å²) < 4.78 is 13.7. The molecule has 0 radical (unpaired) electrons. The van der Waals surface area contributed by atoms with E-state index < -0.39 is 0 Å². The molecule has 0 unspecified atom stereocenters. The lowest BCUT2D eigenvalue weighted by Crippen LogP contribution is -2.23. The van der Waals surface area contributed by atoms with E-state index in [9.17, 15) is 4.39 Å². The van der Waals surface area contributed by atoms with Crippen LogP contribution in [0.4, 0.5) is 10.1 Å². The highest BCUT2D eigenvalue weighted by molar-refractivity contribution is 9.10. The van der Waals surface area contributed by atoms with Crippen LogP contribution < -0.4 is 5.32 Å². The van der Waals surface area contributed by atoms with Gasteiger partial charge in [-0.1, -0.05) is 27.7 Å². The number of nitrogens with one attached hydrogen (secondary N) is 1. The first kappa shape index (κ1) is 15.5. The van der Waals surface area contributed by atoms with Crippen molar-refractivity contribution in [2.75, 3.05) is 5.32 Å². The van der Waals surface area contributed by atoms with E-state index >= 15 is 0 Å². The van der Waals surface area contributed by atoms with Gasteiger partial charge in [0.2, 0.25) is 0 Å². The van der Waals surface area contributed by atoms with Gasteiger partial charge in [-0.3, -0.25) is 0 Å². The number of halogens is 2. The van der Waals surface area contributed by atoms with Crippen LogP contribution in [0.2, 0.25) is 0 Å². The Balaban J connectivity index is 2.71. The molecule has 0 aromatic heterocycles. The highest BCUT2D eigenvalue weighted by Gasteiger charge is 2.13. The molecule has 1 rings (SSSR count). The van der Waals surface area contributed by atoms with E-state index in [1.54, 1.807) is 6.07 Å². The first-order chi connectivity index (χ1) is 8.38. The average Bonchev–Trinajstić information content (AvgIpc) is 2.21. The third-order valence-electron chi connectivity index (χ3n) is 2.80. The second-order valence-electron chi connectivity index (χ2n) is 5.73. The Morgan fingerprint density at radius 2 is 1.67 bits per heavy atom. The number of anilines is 1. The van der Waals surface area contributed by atoms with Crippen molar-refractivity contribution < 1.29 is 4.39 Å². The van der Waals surface area contributed by atoms with E-state index in [-0.39, 0.29) is 5.82 Å². The summed E-state index contributed by atoms with van der Waals surface area (Å²) in [4.78, 5) is 0. The van der Waals surface area contributed by atoms with Gasteiger partial charge in [0.05, 0.1) is 4.47 Å². The molecule has 0 bridgehead atoms. The van der Waals surface area contributed by atoms with Crippen LogP contribution in [0.1, 0.15) is 40.5 Å². The molecule has 1 aromatic rings. The molecule has 0 fully saturated rings. The zero-order chi connectivity index (χ0) is 13.7. The van der Waals surface area contributed by atoms with E-state index in [4.69, 9.17) is 0 Å². The van der Waals surface area contributed by atoms with Crippen LogP contribution in [0, 0.1) is 17.7 Å². The summed E-state index contributed by atoms with van der Waals surface area (Å²) in [6.45, 7) is 8.93. The summed E-state index contributed by atoms with van der Waals surface area (Å²) in [6, 6.07) is 5.55. The molecule has 1 nitrogen and oxygen atoms in total. The molecule has 1 N–H and O–H groups in total. The Morgan fingerprint density at radius 1 is 1.11 bits per heavy atom. The summed E-state index contributed by atoms with van der Waals surface area (Å²) in [5, 5.41) is 3.51. The van der Waals surface area contributed by atoms with Crippen molar-refractivity contribution in [2.24, 2.45) is 11.8 Å².